The van der Waals surface area contributed by atoms with E-state index >= 15 is 0 Å². The van der Waals surface area contributed by atoms with Crippen LogP contribution in [-0.2, 0) is 0 Å². The van der Waals surface area contributed by atoms with Crippen molar-refractivity contribution < 1.29 is 5.11 Å². The summed E-state index contributed by atoms with van der Waals surface area (Å²) in [5.74, 6) is 0. The van der Waals surface area contributed by atoms with Crippen molar-refractivity contribution in [2.45, 2.75) is 45.6 Å². The molecular formula is C13H18N2OS. The molecule has 92 valence electrons. The fraction of sp³-hybridized carbons (Fsp3) is 0.692. The largest absolute Gasteiger partial charge is 0.384 e. The minimum Gasteiger partial charge on any atom is -0.384 e. The molecule has 1 unspecified atom stereocenters. The first-order valence-electron chi connectivity index (χ1n) is 5.98. The normalized spacial score (nSPS) is 23.9. The number of aliphatic hydroxyl groups is 1. The SMILES string of the molecule is CC1(C)CCC(C#N)(C(O)c2nccs2)CC1. The highest BCUT2D eigenvalue weighted by Gasteiger charge is 2.45. The molecule has 0 spiro atoms. The number of nitriles is 1. The van der Waals surface area contributed by atoms with E-state index in [2.05, 4.69) is 24.9 Å². The molecule has 1 aromatic rings. The van der Waals surface area contributed by atoms with Gasteiger partial charge in [0.25, 0.3) is 0 Å². The first kappa shape index (κ1) is 12.5. The number of nitrogens with zero attached hydrogens (tertiary/aromatic N) is 2. The zero-order valence-electron chi connectivity index (χ0n) is 10.3. The van der Waals surface area contributed by atoms with Gasteiger partial charge in [-0.1, -0.05) is 13.8 Å². The molecule has 1 aromatic heterocycles. The van der Waals surface area contributed by atoms with E-state index < -0.39 is 11.5 Å². The first-order chi connectivity index (χ1) is 7.99. The number of aromatic nitrogens is 1. The molecule has 0 radical (unpaired) electrons. The lowest BCUT2D eigenvalue weighted by atomic mass is 9.63. The Kier molecular flexibility index (Phi) is 3.24. The maximum atomic E-state index is 10.4. The molecule has 0 aromatic carbocycles. The predicted molar refractivity (Wildman–Crippen MR) is 67.4 cm³/mol. The first-order valence-corrected chi connectivity index (χ1v) is 6.86. The fourth-order valence-electron chi connectivity index (χ4n) is 2.43. The van der Waals surface area contributed by atoms with Crippen LogP contribution in [0.4, 0.5) is 0 Å². The molecule has 0 aliphatic heterocycles. The van der Waals surface area contributed by atoms with Crippen molar-refractivity contribution in [1.82, 2.24) is 4.98 Å². The molecule has 1 heterocycles. The van der Waals surface area contributed by atoms with Crippen molar-refractivity contribution in [3.05, 3.63) is 16.6 Å². The molecule has 1 N–H and O–H groups in total. The minimum atomic E-state index is -0.733. The standard InChI is InChI=1S/C13H18N2OS/c1-12(2)3-5-13(9-14,6-4-12)10(16)11-15-7-8-17-11/h7-8,10,16H,3-6H2,1-2H3. The molecule has 2 rings (SSSR count). The Morgan fingerprint density at radius 1 is 1.41 bits per heavy atom. The van der Waals surface area contributed by atoms with Crippen molar-refractivity contribution in [3.63, 3.8) is 0 Å². The lowest BCUT2D eigenvalue weighted by molar-refractivity contribution is 0.00943. The van der Waals surface area contributed by atoms with Gasteiger partial charge in [0.15, 0.2) is 0 Å². The molecule has 1 aliphatic rings. The van der Waals surface area contributed by atoms with Gasteiger partial charge in [0.2, 0.25) is 0 Å². The molecule has 3 nitrogen and oxygen atoms in total. The van der Waals surface area contributed by atoms with Crippen LogP contribution in [0.1, 0.15) is 50.6 Å². The van der Waals surface area contributed by atoms with Gasteiger partial charge in [-0.2, -0.15) is 5.26 Å². The van der Waals surface area contributed by atoms with E-state index in [0.29, 0.717) is 10.4 Å². The van der Waals surface area contributed by atoms with Gasteiger partial charge in [0.05, 0.1) is 11.5 Å². The van der Waals surface area contributed by atoms with E-state index in [1.54, 1.807) is 6.20 Å². The highest BCUT2D eigenvalue weighted by molar-refractivity contribution is 7.09. The molecule has 1 fully saturated rings. The summed E-state index contributed by atoms with van der Waals surface area (Å²) in [6.07, 6.45) is 4.45. The molecule has 17 heavy (non-hydrogen) atoms. The Hall–Kier alpha value is -0.920. The number of hydrogen-bond donors (Lipinski definition) is 1. The highest BCUT2D eigenvalue weighted by atomic mass is 32.1. The third kappa shape index (κ3) is 2.36. The molecule has 0 bridgehead atoms. The van der Waals surface area contributed by atoms with Crippen molar-refractivity contribution in [3.8, 4) is 6.07 Å². The van der Waals surface area contributed by atoms with Crippen LogP contribution in [0.15, 0.2) is 11.6 Å². The van der Waals surface area contributed by atoms with Gasteiger partial charge in [-0.15, -0.1) is 11.3 Å². The molecule has 1 aliphatic carbocycles. The zero-order chi connectivity index (χ0) is 12.5. The Bertz CT molecular complexity index is 409. The van der Waals surface area contributed by atoms with E-state index in [9.17, 15) is 10.4 Å². The van der Waals surface area contributed by atoms with Gasteiger partial charge in [0.1, 0.15) is 11.1 Å². The zero-order valence-corrected chi connectivity index (χ0v) is 11.1. The van der Waals surface area contributed by atoms with E-state index in [-0.39, 0.29) is 0 Å². The third-order valence-corrected chi connectivity index (χ3v) is 4.76. The van der Waals surface area contributed by atoms with E-state index in [1.807, 2.05) is 5.38 Å². The van der Waals surface area contributed by atoms with Gasteiger partial charge in [0, 0.05) is 11.6 Å². The average Bonchev–Trinajstić information content (AvgIpc) is 2.82. The molecule has 1 atom stereocenters. The predicted octanol–water partition coefficient (Wildman–Crippen LogP) is 3.29. The van der Waals surface area contributed by atoms with Crippen LogP contribution in [0.3, 0.4) is 0 Å². The lowest BCUT2D eigenvalue weighted by Crippen LogP contribution is -2.35. The molecule has 4 heteroatoms. The van der Waals surface area contributed by atoms with Crippen molar-refractivity contribution in [2.24, 2.45) is 10.8 Å². The molecule has 1 saturated carbocycles. The van der Waals surface area contributed by atoms with Crippen molar-refractivity contribution >= 4 is 11.3 Å². The van der Waals surface area contributed by atoms with Gasteiger partial charge < -0.3 is 5.11 Å². The fourth-order valence-corrected chi connectivity index (χ4v) is 3.16. The molecular weight excluding hydrogens is 232 g/mol. The van der Waals surface area contributed by atoms with Crippen molar-refractivity contribution in [1.29, 1.82) is 5.26 Å². The van der Waals surface area contributed by atoms with Gasteiger partial charge in [-0.3, -0.25) is 0 Å². The Labute approximate surface area is 106 Å². The number of rotatable bonds is 2. The second kappa shape index (κ2) is 4.40. The van der Waals surface area contributed by atoms with Gasteiger partial charge in [-0.25, -0.2) is 4.98 Å². The van der Waals surface area contributed by atoms with Crippen LogP contribution in [0.25, 0.3) is 0 Å². The smallest absolute Gasteiger partial charge is 0.124 e. The summed E-state index contributed by atoms with van der Waals surface area (Å²) in [6, 6.07) is 2.36. The van der Waals surface area contributed by atoms with Crippen molar-refractivity contribution in [2.75, 3.05) is 0 Å². The van der Waals surface area contributed by atoms with Gasteiger partial charge in [-0.05, 0) is 31.1 Å². The van der Waals surface area contributed by atoms with Crippen LogP contribution >= 0.6 is 11.3 Å². The summed E-state index contributed by atoms with van der Waals surface area (Å²) in [6.45, 7) is 4.45. The maximum absolute atomic E-state index is 10.4. The highest BCUT2D eigenvalue weighted by Crippen LogP contribution is 2.51. The molecule has 0 saturated heterocycles. The van der Waals surface area contributed by atoms with Crippen LogP contribution in [0.5, 0.6) is 0 Å². The second-order valence-corrected chi connectivity index (χ2v) is 6.63. The summed E-state index contributed by atoms with van der Waals surface area (Å²) >= 11 is 1.43. The average molecular weight is 250 g/mol. The Balaban J connectivity index is 2.20. The Morgan fingerprint density at radius 3 is 2.53 bits per heavy atom. The summed E-state index contributed by atoms with van der Waals surface area (Å²) in [5, 5.41) is 22.3. The van der Waals surface area contributed by atoms with Crippen LogP contribution in [-0.4, -0.2) is 10.1 Å². The van der Waals surface area contributed by atoms with Crippen LogP contribution in [0.2, 0.25) is 0 Å². The van der Waals surface area contributed by atoms with Crippen LogP contribution in [0, 0.1) is 22.2 Å². The summed E-state index contributed by atoms with van der Waals surface area (Å²) < 4.78 is 0. The second-order valence-electron chi connectivity index (χ2n) is 5.71. The molecule has 0 amide bonds. The summed E-state index contributed by atoms with van der Waals surface area (Å²) in [7, 11) is 0. The monoisotopic (exact) mass is 250 g/mol. The quantitative estimate of drug-likeness (QED) is 0.876. The number of hydrogen-bond acceptors (Lipinski definition) is 4. The minimum absolute atomic E-state index is 0.295. The van der Waals surface area contributed by atoms with Gasteiger partial charge >= 0.3 is 0 Å². The summed E-state index contributed by atoms with van der Waals surface area (Å²) in [5.41, 5.74) is -0.337. The van der Waals surface area contributed by atoms with E-state index in [4.69, 9.17) is 0 Å². The van der Waals surface area contributed by atoms with Crippen LogP contribution < -0.4 is 0 Å². The Morgan fingerprint density at radius 2 is 2.06 bits per heavy atom. The number of aliphatic hydroxyl groups excluding tert-OH is 1. The van der Waals surface area contributed by atoms with E-state index in [0.717, 1.165) is 25.7 Å². The maximum Gasteiger partial charge on any atom is 0.124 e. The topological polar surface area (TPSA) is 56.9 Å². The lowest BCUT2D eigenvalue weighted by Gasteiger charge is -2.41. The third-order valence-electron chi connectivity index (χ3n) is 3.93. The summed E-state index contributed by atoms with van der Waals surface area (Å²) in [4.78, 5) is 4.14. The number of thiazole rings is 1. The van der Waals surface area contributed by atoms with E-state index in [1.165, 1.54) is 11.3 Å².